The molecule has 0 bridgehead atoms. The third-order valence-corrected chi connectivity index (χ3v) is 8.16. The van der Waals surface area contributed by atoms with Crippen LogP contribution in [0.15, 0.2) is 59.1 Å². The van der Waals surface area contributed by atoms with E-state index in [0.29, 0.717) is 36.5 Å². The number of benzene rings is 3. The minimum atomic E-state index is -4.86. The first kappa shape index (κ1) is 30.5. The molecule has 1 aliphatic carbocycles. The molecule has 0 spiro atoms. The van der Waals surface area contributed by atoms with E-state index in [0.717, 1.165) is 5.56 Å². The molecule has 0 fully saturated rings. The zero-order valence-electron chi connectivity index (χ0n) is 23.3. The zero-order valence-corrected chi connectivity index (χ0v) is 23.3. The van der Waals surface area contributed by atoms with Crippen molar-refractivity contribution in [1.29, 1.82) is 0 Å². The number of aliphatic carboxylic acids is 1. The van der Waals surface area contributed by atoms with Gasteiger partial charge in [0.25, 0.3) is 0 Å². The van der Waals surface area contributed by atoms with Gasteiger partial charge in [-0.2, -0.15) is 26.3 Å². The van der Waals surface area contributed by atoms with Crippen molar-refractivity contribution < 1.29 is 54.6 Å². The molecule has 2 atom stereocenters. The quantitative estimate of drug-likeness (QED) is 0.195. The third kappa shape index (κ3) is 6.07. The normalized spacial score (nSPS) is 17.6. The van der Waals surface area contributed by atoms with Gasteiger partial charge in [-0.25, -0.2) is 4.39 Å². The van der Waals surface area contributed by atoms with Gasteiger partial charge in [-0.15, -0.1) is 0 Å². The molecule has 6 nitrogen and oxygen atoms in total. The first-order valence-corrected chi connectivity index (χ1v) is 14.0. The van der Waals surface area contributed by atoms with Gasteiger partial charge in [0.05, 0.1) is 25.2 Å². The Bertz CT molecular complexity index is 1740. The number of alkyl halides is 6. The number of ether oxygens (including phenoxy) is 2. The van der Waals surface area contributed by atoms with Crippen molar-refractivity contribution in [2.75, 3.05) is 13.2 Å². The predicted octanol–water partition coefficient (Wildman–Crippen LogP) is 8.63. The molecule has 3 aromatic carbocycles. The maximum atomic E-state index is 15.3. The number of carboxylic acids is 1. The van der Waals surface area contributed by atoms with E-state index in [1.54, 1.807) is 18.2 Å². The summed E-state index contributed by atoms with van der Waals surface area (Å²) in [5.74, 6) is -2.89. The summed E-state index contributed by atoms with van der Waals surface area (Å²) in [5, 5.41) is 12.5. The number of nitrogens with zero attached hydrogens (tertiary/aromatic N) is 1. The lowest BCUT2D eigenvalue weighted by Gasteiger charge is -2.20. The van der Waals surface area contributed by atoms with Crippen molar-refractivity contribution in [3.05, 3.63) is 88.4 Å². The van der Waals surface area contributed by atoms with Gasteiger partial charge in [-0.05, 0) is 59.6 Å². The number of halogens is 7. The molecule has 6 rings (SSSR count). The SMILES string of the molecule is O=C(O)CC1COc2cc(OCCC3CCc4c(-c5ccc(-c6cc(C(F)(F)F)on6)cc5)c(C(F)(F)F)cc(F)c43)ccc21. The van der Waals surface area contributed by atoms with Crippen LogP contribution < -0.4 is 9.47 Å². The Hall–Kier alpha value is -4.55. The molecule has 236 valence electrons. The second-order valence-electron chi connectivity index (χ2n) is 11.0. The van der Waals surface area contributed by atoms with Crippen molar-refractivity contribution in [3.63, 3.8) is 0 Å². The molecular weight excluding hydrogens is 611 g/mol. The Balaban J connectivity index is 1.23. The largest absolute Gasteiger partial charge is 0.493 e. The van der Waals surface area contributed by atoms with Crippen LogP contribution in [0.3, 0.4) is 0 Å². The Morgan fingerprint density at radius 2 is 1.69 bits per heavy atom. The molecule has 1 aromatic heterocycles. The van der Waals surface area contributed by atoms with Gasteiger partial charge in [0.1, 0.15) is 23.0 Å². The fraction of sp³-hybridized carbons (Fsp3) is 0.312. The molecular formula is C32H24F7NO5. The van der Waals surface area contributed by atoms with Crippen LogP contribution in [0, 0.1) is 5.82 Å². The topological polar surface area (TPSA) is 81.8 Å². The fourth-order valence-electron chi connectivity index (χ4n) is 6.12. The zero-order chi connectivity index (χ0) is 32.1. The number of carboxylic acid groups (broad SMARTS) is 1. The molecule has 2 aliphatic rings. The van der Waals surface area contributed by atoms with Crippen molar-refractivity contribution in [3.8, 4) is 33.9 Å². The number of hydrogen-bond acceptors (Lipinski definition) is 5. The van der Waals surface area contributed by atoms with E-state index in [1.165, 1.54) is 24.3 Å². The smallest absolute Gasteiger partial charge is 0.452 e. The number of aromatic nitrogens is 1. The fourth-order valence-corrected chi connectivity index (χ4v) is 6.12. The van der Waals surface area contributed by atoms with E-state index in [4.69, 9.17) is 14.6 Å². The highest BCUT2D eigenvalue weighted by Crippen LogP contribution is 2.48. The van der Waals surface area contributed by atoms with Gasteiger partial charge < -0.3 is 19.1 Å². The van der Waals surface area contributed by atoms with E-state index >= 15 is 4.39 Å². The van der Waals surface area contributed by atoms with Crippen LogP contribution in [-0.2, 0) is 23.6 Å². The number of hydrogen-bond donors (Lipinski definition) is 1. The van der Waals surface area contributed by atoms with Gasteiger partial charge in [-0.3, -0.25) is 4.79 Å². The number of carbonyl (C=O) groups is 1. The Morgan fingerprint density at radius 3 is 2.36 bits per heavy atom. The molecule has 0 saturated carbocycles. The Morgan fingerprint density at radius 1 is 0.956 bits per heavy atom. The van der Waals surface area contributed by atoms with Crippen molar-refractivity contribution in [1.82, 2.24) is 5.16 Å². The first-order chi connectivity index (χ1) is 21.3. The van der Waals surface area contributed by atoms with Gasteiger partial charge in [0.15, 0.2) is 0 Å². The van der Waals surface area contributed by atoms with Gasteiger partial charge in [0.2, 0.25) is 5.76 Å². The molecule has 4 aromatic rings. The van der Waals surface area contributed by atoms with E-state index in [-0.39, 0.29) is 65.5 Å². The Kier molecular flexibility index (Phi) is 7.74. The maximum Gasteiger partial charge on any atom is 0.452 e. The van der Waals surface area contributed by atoms with Crippen LogP contribution in [0.4, 0.5) is 30.7 Å². The van der Waals surface area contributed by atoms with E-state index in [2.05, 4.69) is 9.68 Å². The standard InChI is InChI=1S/C32H24F7NO5/c33-24-13-23(31(34,35)36)29(17-3-1-16(2-4-17)25-14-27(45-40-25)32(37,38)39)22-7-5-18(30(22)24)9-10-43-20-6-8-21-19(11-28(41)42)15-44-26(21)12-20/h1-4,6,8,12-14,18-19H,5,7,9-11,15H2,(H,41,42). The summed E-state index contributed by atoms with van der Waals surface area (Å²) >= 11 is 0. The molecule has 2 unspecified atom stereocenters. The maximum absolute atomic E-state index is 15.3. The van der Waals surface area contributed by atoms with E-state index in [9.17, 15) is 31.1 Å². The highest BCUT2D eigenvalue weighted by Gasteiger charge is 2.40. The van der Waals surface area contributed by atoms with Crippen molar-refractivity contribution in [2.45, 2.75) is 49.9 Å². The van der Waals surface area contributed by atoms with Gasteiger partial charge in [-0.1, -0.05) is 35.5 Å². The summed E-state index contributed by atoms with van der Waals surface area (Å²) in [5.41, 5.74) is 0.0871. The number of rotatable bonds is 8. The minimum absolute atomic E-state index is 0.0631. The summed E-state index contributed by atoms with van der Waals surface area (Å²) < 4.78 is 112. The molecule has 1 aliphatic heterocycles. The average molecular weight is 636 g/mol. The molecule has 0 saturated heterocycles. The second-order valence-corrected chi connectivity index (χ2v) is 11.0. The summed E-state index contributed by atoms with van der Waals surface area (Å²) in [4.78, 5) is 11.1. The highest BCUT2D eigenvalue weighted by molar-refractivity contribution is 5.76. The van der Waals surface area contributed by atoms with E-state index < -0.39 is 41.4 Å². The number of fused-ring (bicyclic) bond motifs is 2. The lowest BCUT2D eigenvalue weighted by molar-refractivity contribution is -0.155. The van der Waals surface area contributed by atoms with Crippen molar-refractivity contribution in [2.24, 2.45) is 0 Å². The minimum Gasteiger partial charge on any atom is -0.493 e. The summed E-state index contributed by atoms with van der Waals surface area (Å²) in [6.45, 7) is 0.386. The molecule has 2 heterocycles. The van der Waals surface area contributed by atoms with Crippen molar-refractivity contribution >= 4 is 5.97 Å². The van der Waals surface area contributed by atoms with Crippen LogP contribution in [0.1, 0.15) is 59.1 Å². The molecule has 0 radical (unpaired) electrons. The first-order valence-electron chi connectivity index (χ1n) is 14.0. The second kappa shape index (κ2) is 11.4. The molecule has 1 N–H and O–H groups in total. The molecule has 0 amide bonds. The van der Waals surface area contributed by atoms with Crippen LogP contribution in [0.2, 0.25) is 0 Å². The van der Waals surface area contributed by atoms with Crippen LogP contribution in [-0.4, -0.2) is 29.4 Å². The van der Waals surface area contributed by atoms with Crippen LogP contribution in [0.25, 0.3) is 22.4 Å². The molecule has 13 heteroatoms. The predicted molar refractivity (Wildman–Crippen MR) is 145 cm³/mol. The summed E-state index contributed by atoms with van der Waals surface area (Å²) in [6, 6.07) is 11.6. The van der Waals surface area contributed by atoms with Gasteiger partial charge >= 0.3 is 18.3 Å². The lowest BCUT2D eigenvalue weighted by Crippen LogP contribution is -2.12. The van der Waals surface area contributed by atoms with Crippen LogP contribution in [0.5, 0.6) is 11.5 Å². The summed E-state index contributed by atoms with van der Waals surface area (Å²) in [6.07, 6.45) is -8.77. The monoisotopic (exact) mass is 635 g/mol. The molecule has 45 heavy (non-hydrogen) atoms. The van der Waals surface area contributed by atoms with Crippen LogP contribution >= 0.6 is 0 Å². The van der Waals surface area contributed by atoms with Gasteiger partial charge in [0, 0.05) is 29.2 Å². The lowest BCUT2D eigenvalue weighted by atomic mass is 9.88. The summed E-state index contributed by atoms with van der Waals surface area (Å²) in [7, 11) is 0. The van der Waals surface area contributed by atoms with E-state index in [1.807, 2.05) is 0 Å². The Labute approximate surface area is 251 Å². The third-order valence-electron chi connectivity index (χ3n) is 8.16. The average Bonchev–Trinajstić information content (AvgIpc) is 3.72. The highest BCUT2D eigenvalue weighted by atomic mass is 19.4.